The van der Waals surface area contributed by atoms with Gasteiger partial charge in [0.05, 0.1) is 7.11 Å². The molecule has 0 fully saturated rings. The third kappa shape index (κ3) is 2.32. The first-order chi connectivity index (χ1) is 2.81. The summed E-state index contributed by atoms with van der Waals surface area (Å²) in [6.07, 6.45) is 0. The summed E-state index contributed by atoms with van der Waals surface area (Å²) in [5, 5.41) is 0. The van der Waals surface area contributed by atoms with Crippen LogP contribution in [-0.2, 0) is 15.4 Å². The molecule has 0 saturated heterocycles. The molecule has 0 aliphatic rings. The van der Waals surface area contributed by atoms with Crippen molar-refractivity contribution in [2.75, 3.05) is 14.2 Å². The Morgan fingerprint density at radius 2 is 2.33 bits per heavy atom. The van der Waals surface area contributed by atoms with Gasteiger partial charge in [0.15, 0.2) is 0 Å². The minimum atomic E-state index is -1.28. The molecule has 3 nitrogen and oxygen atoms in total. The highest BCUT2D eigenvalue weighted by atomic mass is 32.2. The summed E-state index contributed by atoms with van der Waals surface area (Å²) in [6, 6.07) is 0. The van der Waals surface area contributed by atoms with E-state index in [1.54, 1.807) is 7.05 Å². The molecule has 0 rings (SSSR count). The predicted molar refractivity (Wildman–Crippen MR) is 24.2 cm³/mol. The lowest BCUT2D eigenvalue weighted by molar-refractivity contribution is 0.440. The van der Waals surface area contributed by atoms with E-state index in [1.807, 2.05) is 0 Å². The first kappa shape index (κ1) is 6.07. The molecule has 0 aliphatic carbocycles. The van der Waals surface area contributed by atoms with Crippen molar-refractivity contribution < 1.29 is 8.39 Å². The number of hydrogen-bond donors (Lipinski definition) is 1. The Morgan fingerprint density at radius 3 is 2.33 bits per heavy atom. The molecule has 4 heteroatoms. The lowest BCUT2D eigenvalue weighted by Crippen LogP contribution is -2.10. The second kappa shape index (κ2) is 3.27. The van der Waals surface area contributed by atoms with Gasteiger partial charge in [-0.1, -0.05) is 0 Å². The van der Waals surface area contributed by atoms with E-state index >= 15 is 0 Å². The van der Waals surface area contributed by atoms with Crippen LogP contribution in [0.3, 0.4) is 0 Å². The molecule has 0 radical (unpaired) electrons. The Bertz CT molecular complexity index is 49.5. The first-order valence-corrected chi connectivity index (χ1v) is 2.52. The summed E-state index contributed by atoms with van der Waals surface area (Å²) >= 11 is -1.28. The van der Waals surface area contributed by atoms with Gasteiger partial charge in [-0.2, -0.15) is 0 Å². The second-order valence-corrected chi connectivity index (χ2v) is 1.82. The molecule has 1 atom stereocenters. The van der Waals surface area contributed by atoms with Gasteiger partial charge in [0.1, 0.15) is 0 Å². The molecule has 0 aromatic heterocycles. The molecule has 0 aromatic carbocycles. The van der Waals surface area contributed by atoms with Gasteiger partial charge in [-0.3, -0.25) is 4.18 Å². The highest BCUT2D eigenvalue weighted by Crippen LogP contribution is 1.65. The third-order valence-corrected chi connectivity index (χ3v) is 0.954. The minimum absolute atomic E-state index is 1.28. The molecule has 0 heterocycles. The fraction of sp³-hybridized carbons (Fsp3) is 1.00. The molecule has 0 saturated carbocycles. The van der Waals surface area contributed by atoms with E-state index in [0.717, 1.165) is 0 Å². The van der Waals surface area contributed by atoms with Gasteiger partial charge in [-0.05, 0) is 7.05 Å². The molecular formula is C2H7NO2S. The van der Waals surface area contributed by atoms with Crippen molar-refractivity contribution >= 4 is 11.3 Å². The van der Waals surface area contributed by atoms with Gasteiger partial charge in [-0.15, -0.1) is 0 Å². The highest BCUT2D eigenvalue weighted by Gasteiger charge is 1.81. The molecule has 0 aromatic rings. The maximum absolute atomic E-state index is 9.96. The molecule has 1 N–H and O–H groups in total. The number of rotatable bonds is 2. The average Bonchev–Trinajstić information content (AvgIpc) is 1.65. The Morgan fingerprint density at radius 1 is 1.83 bits per heavy atom. The fourth-order valence-corrected chi connectivity index (χ4v) is 0.250. The van der Waals surface area contributed by atoms with Crippen molar-refractivity contribution in [3.05, 3.63) is 0 Å². The number of hydrogen-bond acceptors (Lipinski definition) is 2. The molecule has 0 bridgehead atoms. The Kier molecular flexibility index (Phi) is 3.31. The predicted octanol–water partition coefficient (Wildman–Crippen LogP) is -0.569. The van der Waals surface area contributed by atoms with Gasteiger partial charge in [-0.25, -0.2) is 8.93 Å². The molecule has 6 heavy (non-hydrogen) atoms. The average molecular weight is 109 g/mol. The van der Waals surface area contributed by atoms with Crippen molar-refractivity contribution in [3.8, 4) is 0 Å². The van der Waals surface area contributed by atoms with Crippen LogP contribution in [0.2, 0.25) is 0 Å². The lowest BCUT2D eigenvalue weighted by atomic mass is 11.6. The highest BCUT2D eigenvalue weighted by molar-refractivity contribution is 7.78. The van der Waals surface area contributed by atoms with Gasteiger partial charge < -0.3 is 0 Å². The van der Waals surface area contributed by atoms with Gasteiger partial charge in [0.2, 0.25) is 11.3 Å². The van der Waals surface area contributed by atoms with Crippen LogP contribution in [0.4, 0.5) is 0 Å². The van der Waals surface area contributed by atoms with Crippen LogP contribution in [0.5, 0.6) is 0 Å². The summed E-state index contributed by atoms with van der Waals surface area (Å²) in [4.78, 5) is 0. The van der Waals surface area contributed by atoms with Crippen LogP contribution in [0.1, 0.15) is 0 Å². The maximum Gasteiger partial charge on any atom is 0.233 e. The van der Waals surface area contributed by atoms with Crippen molar-refractivity contribution in [2.45, 2.75) is 0 Å². The SMILES string of the molecule is CNS(=O)OC. The molecule has 0 spiro atoms. The van der Waals surface area contributed by atoms with E-state index in [1.165, 1.54) is 7.11 Å². The van der Waals surface area contributed by atoms with Crippen LogP contribution >= 0.6 is 0 Å². The van der Waals surface area contributed by atoms with E-state index in [0.29, 0.717) is 0 Å². The van der Waals surface area contributed by atoms with E-state index in [9.17, 15) is 4.21 Å². The van der Waals surface area contributed by atoms with Crippen LogP contribution in [-0.4, -0.2) is 18.4 Å². The Hall–Kier alpha value is 0.0700. The van der Waals surface area contributed by atoms with Crippen LogP contribution < -0.4 is 4.72 Å². The van der Waals surface area contributed by atoms with E-state index in [2.05, 4.69) is 8.91 Å². The summed E-state index contributed by atoms with van der Waals surface area (Å²) in [5.74, 6) is 0. The van der Waals surface area contributed by atoms with Crippen LogP contribution in [0.15, 0.2) is 0 Å². The largest absolute Gasteiger partial charge is 0.282 e. The van der Waals surface area contributed by atoms with Gasteiger partial charge >= 0.3 is 0 Å². The smallest absolute Gasteiger partial charge is 0.233 e. The van der Waals surface area contributed by atoms with E-state index < -0.39 is 11.3 Å². The summed E-state index contributed by atoms with van der Waals surface area (Å²) in [5.41, 5.74) is 0. The minimum Gasteiger partial charge on any atom is -0.282 e. The second-order valence-electron chi connectivity index (χ2n) is 0.605. The number of nitrogens with one attached hydrogen (secondary N) is 1. The van der Waals surface area contributed by atoms with E-state index in [4.69, 9.17) is 0 Å². The van der Waals surface area contributed by atoms with Crippen molar-refractivity contribution in [2.24, 2.45) is 0 Å². The molecule has 0 amide bonds. The topological polar surface area (TPSA) is 38.3 Å². The molecule has 1 unspecified atom stereocenters. The van der Waals surface area contributed by atoms with Gasteiger partial charge in [0, 0.05) is 0 Å². The van der Waals surface area contributed by atoms with Crippen molar-refractivity contribution in [1.82, 2.24) is 4.72 Å². The van der Waals surface area contributed by atoms with Crippen molar-refractivity contribution in [1.29, 1.82) is 0 Å². The van der Waals surface area contributed by atoms with E-state index in [-0.39, 0.29) is 0 Å². The zero-order valence-electron chi connectivity index (χ0n) is 3.72. The third-order valence-electron chi connectivity index (χ3n) is 0.318. The molecule has 0 aliphatic heterocycles. The molecule has 38 valence electrons. The standard InChI is InChI=1S/C2H7NO2S/c1-3-6(4)5-2/h3H,1-2H3. The normalized spacial score (nSPS) is 14.3. The maximum atomic E-state index is 9.96. The zero-order valence-corrected chi connectivity index (χ0v) is 4.54. The van der Waals surface area contributed by atoms with Crippen molar-refractivity contribution in [3.63, 3.8) is 0 Å². The van der Waals surface area contributed by atoms with Gasteiger partial charge in [0.25, 0.3) is 0 Å². The lowest BCUT2D eigenvalue weighted by Gasteiger charge is -1.88. The Balaban J connectivity index is 2.99. The first-order valence-electron chi connectivity index (χ1n) is 1.45. The summed E-state index contributed by atoms with van der Waals surface area (Å²) < 4.78 is 16.6. The monoisotopic (exact) mass is 109 g/mol. The Labute approximate surface area is 39.5 Å². The summed E-state index contributed by atoms with van der Waals surface area (Å²) in [6.45, 7) is 0. The van der Waals surface area contributed by atoms with Crippen LogP contribution in [0.25, 0.3) is 0 Å². The van der Waals surface area contributed by atoms with Crippen LogP contribution in [0, 0.1) is 0 Å². The fourth-order valence-electron chi connectivity index (χ4n) is 0.0833. The summed E-state index contributed by atoms with van der Waals surface area (Å²) in [7, 11) is 2.92. The zero-order chi connectivity index (χ0) is 4.99. The quantitative estimate of drug-likeness (QED) is 0.515. The molecular weight excluding hydrogens is 102 g/mol.